The van der Waals surface area contributed by atoms with Gasteiger partial charge in [0.05, 0.1) is 24.4 Å². The lowest BCUT2D eigenvalue weighted by Gasteiger charge is -2.26. The van der Waals surface area contributed by atoms with Crippen LogP contribution in [0.2, 0.25) is 0 Å². The summed E-state index contributed by atoms with van der Waals surface area (Å²) >= 11 is 1.93. The Hall–Kier alpha value is 0.270. The minimum atomic E-state index is -0.0823. The van der Waals surface area contributed by atoms with Crippen molar-refractivity contribution in [2.75, 3.05) is 12.4 Å². The van der Waals surface area contributed by atoms with E-state index in [-0.39, 0.29) is 17.8 Å². The molecule has 0 aliphatic rings. The summed E-state index contributed by atoms with van der Waals surface area (Å²) in [6.45, 7) is 15.5. The van der Waals surface area contributed by atoms with Crippen molar-refractivity contribution in [3.05, 3.63) is 0 Å². The van der Waals surface area contributed by atoms with Gasteiger partial charge in [0.1, 0.15) is 0 Å². The molecule has 2 nitrogen and oxygen atoms in total. The summed E-state index contributed by atoms with van der Waals surface area (Å²) in [5, 5.41) is 0.646. The maximum Gasteiger partial charge on any atom is 0.0902 e. The molecular formula is C13H28O2S. The molecule has 0 amide bonds. The van der Waals surface area contributed by atoms with Gasteiger partial charge in [0.15, 0.2) is 0 Å². The SMILES string of the molecule is CC(C)OC(COC(C)(C)C)CSC(C)C. The summed E-state index contributed by atoms with van der Waals surface area (Å²) in [5.41, 5.74) is -0.0823. The van der Waals surface area contributed by atoms with E-state index < -0.39 is 0 Å². The molecule has 0 bridgehead atoms. The van der Waals surface area contributed by atoms with Gasteiger partial charge in [0, 0.05) is 5.75 Å². The summed E-state index contributed by atoms with van der Waals surface area (Å²) < 4.78 is 11.6. The van der Waals surface area contributed by atoms with Crippen LogP contribution in [0.3, 0.4) is 0 Å². The Morgan fingerprint density at radius 1 is 1.06 bits per heavy atom. The van der Waals surface area contributed by atoms with Crippen LogP contribution in [0.25, 0.3) is 0 Å². The highest BCUT2D eigenvalue weighted by atomic mass is 32.2. The lowest BCUT2D eigenvalue weighted by atomic mass is 10.2. The molecule has 16 heavy (non-hydrogen) atoms. The molecule has 1 atom stereocenters. The Bertz CT molecular complexity index is 173. The Balaban J connectivity index is 4.00. The van der Waals surface area contributed by atoms with Crippen molar-refractivity contribution in [1.82, 2.24) is 0 Å². The maximum atomic E-state index is 5.85. The van der Waals surface area contributed by atoms with Gasteiger partial charge in [0.25, 0.3) is 0 Å². The van der Waals surface area contributed by atoms with E-state index >= 15 is 0 Å². The van der Waals surface area contributed by atoms with Crippen LogP contribution >= 0.6 is 11.8 Å². The molecule has 0 N–H and O–H groups in total. The quantitative estimate of drug-likeness (QED) is 0.684. The van der Waals surface area contributed by atoms with E-state index in [0.717, 1.165) is 5.75 Å². The van der Waals surface area contributed by atoms with Gasteiger partial charge in [-0.05, 0) is 39.9 Å². The summed E-state index contributed by atoms with van der Waals surface area (Å²) in [6, 6.07) is 0. The normalized spacial score (nSPS) is 14.8. The number of thioether (sulfide) groups is 1. The van der Waals surface area contributed by atoms with Crippen LogP contribution in [0.4, 0.5) is 0 Å². The third kappa shape index (κ3) is 10.8. The van der Waals surface area contributed by atoms with Crippen LogP contribution in [0, 0.1) is 0 Å². The van der Waals surface area contributed by atoms with Gasteiger partial charge in [-0.1, -0.05) is 13.8 Å². The average molecular weight is 248 g/mol. The number of rotatable bonds is 7. The first-order chi connectivity index (χ1) is 7.20. The molecule has 0 aromatic rings. The predicted octanol–water partition coefficient (Wildman–Crippen LogP) is 3.74. The first-order valence-corrected chi connectivity index (χ1v) is 7.16. The molecule has 0 aromatic heterocycles. The van der Waals surface area contributed by atoms with Gasteiger partial charge in [-0.3, -0.25) is 0 Å². The smallest absolute Gasteiger partial charge is 0.0902 e. The third-order valence-corrected chi connectivity index (χ3v) is 3.01. The molecule has 0 aliphatic carbocycles. The highest BCUT2D eigenvalue weighted by Crippen LogP contribution is 2.16. The van der Waals surface area contributed by atoms with Crippen molar-refractivity contribution in [2.24, 2.45) is 0 Å². The largest absolute Gasteiger partial charge is 0.373 e. The molecule has 1 unspecified atom stereocenters. The zero-order chi connectivity index (χ0) is 12.8. The van der Waals surface area contributed by atoms with Gasteiger partial charge < -0.3 is 9.47 Å². The van der Waals surface area contributed by atoms with Crippen LogP contribution in [-0.4, -0.2) is 35.4 Å². The van der Waals surface area contributed by atoms with Crippen molar-refractivity contribution < 1.29 is 9.47 Å². The monoisotopic (exact) mass is 248 g/mol. The molecule has 3 heteroatoms. The highest BCUT2D eigenvalue weighted by Gasteiger charge is 2.17. The van der Waals surface area contributed by atoms with E-state index in [1.54, 1.807) is 0 Å². The minimum Gasteiger partial charge on any atom is -0.373 e. The zero-order valence-corrected chi connectivity index (χ0v) is 12.7. The first-order valence-electron chi connectivity index (χ1n) is 6.11. The van der Waals surface area contributed by atoms with Crippen LogP contribution in [0.15, 0.2) is 0 Å². The highest BCUT2D eigenvalue weighted by molar-refractivity contribution is 7.99. The van der Waals surface area contributed by atoms with Gasteiger partial charge in [-0.2, -0.15) is 11.8 Å². The van der Waals surface area contributed by atoms with Crippen molar-refractivity contribution >= 4 is 11.8 Å². The van der Waals surface area contributed by atoms with Gasteiger partial charge in [-0.25, -0.2) is 0 Å². The van der Waals surface area contributed by atoms with Gasteiger partial charge in [0.2, 0.25) is 0 Å². The van der Waals surface area contributed by atoms with Crippen molar-refractivity contribution in [1.29, 1.82) is 0 Å². The molecule has 0 rings (SSSR count). The molecule has 98 valence electrons. The third-order valence-electron chi connectivity index (χ3n) is 1.78. The molecule has 0 aromatic carbocycles. The topological polar surface area (TPSA) is 18.5 Å². The van der Waals surface area contributed by atoms with Crippen molar-refractivity contribution in [2.45, 2.75) is 71.5 Å². The second-order valence-electron chi connectivity index (χ2n) is 5.61. The average Bonchev–Trinajstić information content (AvgIpc) is 2.07. The van der Waals surface area contributed by atoms with E-state index in [9.17, 15) is 0 Å². The summed E-state index contributed by atoms with van der Waals surface area (Å²) in [4.78, 5) is 0. The second-order valence-corrected chi connectivity index (χ2v) is 7.22. The number of ether oxygens (including phenoxy) is 2. The summed E-state index contributed by atoms with van der Waals surface area (Å²) in [7, 11) is 0. The Kier molecular flexibility index (Phi) is 7.70. The summed E-state index contributed by atoms with van der Waals surface area (Å²) in [6.07, 6.45) is 0.466. The van der Waals surface area contributed by atoms with Crippen LogP contribution in [0.5, 0.6) is 0 Å². The lowest BCUT2D eigenvalue weighted by molar-refractivity contribution is -0.0793. The van der Waals surface area contributed by atoms with Crippen LogP contribution in [-0.2, 0) is 9.47 Å². The number of hydrogen-bond acceptors (Lipinski definition) is 3. The van der Waals surface area contributed by atoms with E-state index in [2.05, 4.69) is 48.5 Å². The van der Waals surface area contributed by atoms with Crippen molar-refractivity contribution in [3.63, 3.8) is 0 Å². The Labute approximate surface area is 105 Å². The maximum absolute atomic E-state index is 5.85. The fourth-order valence-electron chi connectivity index (χ4n) is 1.15. The summed E-state index contributed by atoms with van der Waals surface area (Å²) in [5.74, 6) is 1.01. The molecule has 0 aliphatic heterocycles. The first kappa shape index (κ1) is 16.3. The van der Waals surface area contributed by atoms with Crippen LogP contribution < -0.4 is 0 Å². The molecule has 0 saturated heterocycles. The standard InChI is InChI=1S/C13H28O2S/c1-10(2)15-12(9-16-11(3)4)8-14-13(5,6)7/h10-12H,8-9H2,1-7H3. The van der Waals surface area contributed by atoms with Gasteiger partial charge in [-0.15, -0.1) is 0 Å². The molecule has 0 fully saturated rings. The Morgan fingerprint density at radius 3 is 2.00 bits per heavy atom. The van der Waals surface area contributed by atoms with E-state index in [4.69, 9.17) is 9.47 Å². The fourth-order valence-corrected chi connectivity index (χ4v) is 1.93. The van der Waals surface area contributed by atoms with E-state index in [1.807, 2.05) is 11.8 Å². The van der Waals surface area contributed by atoms with E-state index in [0.29, 0.717) is 11.9 Å². The molecule has 0 radical (unpaired) electrons. The molecular weight excluding hydrogens is 220 g/mol. The zero-order valence-electron chi connectivity index (χ0n) is 11.9. The molecule has 0 heterocycles. The lowest BCUT2D eigenvalue weighted by Crippen LogP contribution is -2.31. The number of hydrogen-bond donors (Lipinski definition) is 0. The van der Waals surface area contributed by atoms with Crippen molar-refractivity contribution in [3.8, 4) is 0 Å². The fraction of sp³-hybridized carbons (Fsp3) is 1.00. The van der Waals surface area contributed by atoms with Gasteiger partial charge >= 0.3 is 0 Å². The van der Waals surface area contributed by atoms with E-state index in [1.165, 1.54) is 0 Å². The predicted molar refractivity (Wildman–Crippen MR) is 73.3 cm³/mol. The second kappa shape index (κ2) is 7.57. The molecule has 0 spiro atoms. The minimum absolute atomic E-state index is 0.0823. The molecule has 0 saturated carbocycles. The van der Waals surface area contributed by atoms with Crippen LogP contribution in [0.1, 0.15) is 48.5 Å². The Morgan fingerprint density at radius 2 is 1.62 bits per heavy atom.